The Hall–Kier alpha value is -4.09. The SMILES string of the molecule is CC1CCC(c2ccc(CCc3cc(F)c(C(F)(F)F)c(F)c3)c(F)c2)CC1.CC1CCC(c2ccc(CCc3ccc(OC(F)(F)F)c(F)c3)c(F)c2)CC1. The molecule has 0 unspecified atom stereocenters. The minimum absolute atomic E-state index is 0.0448. The fourth-order valence-corrected chi connectivity index (χ4v) is 7.73. The Kier molecular flexibility index (Phi) is 14.2. The predicted molar refractivity (Wildman–Crippen MR) is 193 cm³/mol. The number of hydrogen-bond acceptors (Lipinski definition) is 1. The van der Waals surface area contributed by atoms with E-state index in [1.807, 2.05) is 12.1 Å². The average molecular weight is 799 g/mol. The third kappa shape index (κ3) is 12.0. The summed E-state index contributed by atoms with van der Waals surface area (Å²) in [6, 6.07) is 15.0. The monoisotopic (exact) mass is 798 g/mol. The molecule has 304 valence electrons. The van der Waals surface area contributed by atoms with Crippen LogP contribution in [0.25, 0.3) is 0 Å². The Labute approximate surface area is 320 Å². The van der Waals surface area contributed by atoms with Crippen LogP contribution in [0.4, 0.5) is 48.3 Å². The van der Waals surface area contributed by atoms with Crippen LogP contribution in [0, 0.1) is 40.9 Å². The van der Waals surface area contributed by atoms with Crippen LogP contribution in [0.3, 0.4) is 0 Å². The highest BCUT2D eigenvalue weighted by atomic mass is 19.4. The number of halogens is 11. The van der Waals surface area contributed by atoms with Gasteiger partial charge in [-0.1, -0.05) is 69.9 Å². The molecule has 0 heterocycles. The molecule has 6 rings (SSSR count). The van der Waals surface area contributed by atoms with Crippen molar-refractivity contribution in [2.75, 3.05) is 0 Å². The van der Waals surface area contributed by atoms with Gasteiger partial charge in [-0.3, -0.25) is 0 Å². The zero-order valence-corrected chi connectivity index (χ0v) is 31.2. The van der Waals surface area contributed by atoms with Gasteiger partial charge in [0.15, 0.2) is 11.6 Å². The Morgan fingerprint density at radius 2 is 0.911 bits per heavy atom. The van der Waals surface area contributed by atoms with Gasteiger partial charge in [-0.25, -0.2) is 22.0 Å². The second-order valence-electron chi connectivity index (χ2n) is 15.4. The third-order valence-electron chi connectivity index (χ3n) is 11.1. The standard InChI is InChI=1S/C22H22F6.C22H23F5O/c1-13-2-5-15(6-3-13)17-9-8-16(18(23)12-17)7-4-14-10-19(24)21(20(25)11-14)22(26,27)28;1-14-2-6-16(7-3-14)18-10-9-17(19(23)13-18)8-4-15-5-11-21(20(24)12-15)28-22(25,26)27/h8-13,15H,2-7H2,1H3;5,9-14,16H,2-4,6-8H2,1H3. The van der Waals surface area contributed by atoms with Crippen molar-refractivity contribution >= 4 is 0 Å². The highest BCUT2D eigenvalue weighted by molar-refractivity contribution is 5.33. The van der Waals surface area contributed by atoms with Crippen LogP contribution in [-0.4, -0.2) is 6.36 Å². The summed E-state index contributed by atoms with van der Waals surface area (Å²) < 4.78 is 148. The van der Waals surface area contributed by atoms with Gasteiger partial charge < -0.3 is 4.74 Å². The van der Waals surface area contributed by atoms with Crippen LogP contribution < -0.4 is 4.74 Å². The molecule has 0 aliphatic heterocycles. The summed E-state index contributed by atoms with van der Waals surface area (Å²) in [5, 5.41) is 0. The van der Waals surface area contributed by atoms with Crippen LogP contribution in [-0.2, 0) is 31.9 Å². The number of alkyl halides is 6. The highest BCUT2D eigenvalue weighted by Gasteiger charge is 2.38. The molecule has 0 amide bonds. The van der Waals surface area contributed by atoms with E-state index in [0.29, 0.717) is 59.4 Å². The van der Waals surface area contributed by atoms with Crippen molar-refractivity contribution in [3.63, 3.8) is 0 Å². The van der Waals surface area contributed by atoms with Crippen LogP contribution in [0.5, 0.6) is 5.75 Å². The first-order chi connectivity index (χ1) is 26.4. The Morgan fingerprint density at radius 3 is 1.30 bits per heavy atom. The lowest BCUT2D eigenvalue weighted by Crippen LogP contribution is -2.18. The molecule has 1 nitrogen and oxygen atoms in total. The van der Waals surface area contributed by atoms with Crippen LogP contribution in [0.1, 0.15) is 116 Å². The second kappa shape index (κ2) is 18.4. The van der Waals surface area contributed by atoms with E-state index in [-0.39, 0.29) is 30.0 Å². The maximum Gasteiger partial charge on any atom is 0.573 e. The van der Waals surface area contributed by atoms with E-state index < -0.39 is 41.3 Å². The fourth-order valence-electron chi connectivity index (χ4n) is 7.73. The Morgan fingerprint density at radius 1 is 0.482 bits per heavy atom. The molecule has 0 N–H and O–H groups in total. The van der Waals surface area contributed by atoms with Gasteiger partial charge in [-0.15, -0.1) is 13.2 Å². The highest BCUT2D eigenvalue weighted by Crippen LogP contribution is 2.38. The first-order valence-corrected chi connectivity index (χ1v) is 19.0. The van der Waals surface area contributed by atoms with E-state index in [2.05, 4.69) is 18.6 Å². The second-order valence-corrected chi connectivity index (χ2v) is 15.4. The average Bonchev–Trinajstić information content (AvgIpc) is 3.11. The van der Waals surface area contributed by atoms with Gasteiger partial charge >= 0.3 is 12.5 Å². The molecule has 2 fully saturated rings. The third-order valence-corrected chi connectivity index (χ3v) is 11.1. The van der Waals surface area contributed by atoms with Gasteiger partial charge in [0.25, 0.3) is 0 Å². The zero-order valence-electron chi connectivity index (χ0n) is 31.2. The molecule has 0 radical (unpaired) electrons. The molecule has 0 atom stereocenters. The van der Waals surface area contributed by atoms with Gasteiger partial charge in [-0.05, 0) is 145 Å². The minimum atomic E-state index is -5.09. The van der Waals surface area contributed by atoms with Crippen molar-refractivity contribution < 1.29 is 53.0 Å². The summed E-state index contributed by atoms with van der Waals surface area (Å²) >= 11 is 0. The molecule has 0 spiro atoms. The van der Waals surface area contributed by atoms with E-state index in [1.165, 1.54) is 12.1 Å². The zero-order chi connectivity index (χ0) is 40.8. The molecule has 0 bridgehead atoms. The lowest BCUT2D eigenvalue weighted by atomic mass is 9.79. The number of benzene rings is 4. The first kappa shape index (κ1) is 43.0. The van der Waals surface area contributed by atoms with Crippen molar-refractivity contribution in [2.24, 2.45) is 11.8 Å². The van der Waals surface area contributed by atoms with Crippen molar-refractivity contribution in [2.45, 2.75) is 115 Å². The topological polar surface area (TPSA) is 9.23 Å². The van der Waals surface area contributed by atoms with Gasteiger partial charge in [0.2, 0.25) is 0 Å². The number of hydrogen-bond donors (Lipinski definition) is 0. The van der Waals surface area contributed by atoms with Gasteiger partial charge in [-0.2, -0.15) is 13.2 Å². The molecule has 0 aromatic heterocycles. The summed E-state index contributed by atoms with van der Waals surface area (Å²) in [5.41, 5.74) is 1.53. The lowest BCUT2D eigenvalue weighted by Gasteiger charge is -2.26. The summed E-state index contributed by atoms with van der Waals surface area (Å²) in [6.07, 6.45) is -0.395. The molecule has 4 aromatic carbocycles. The molecule has 0 saturated heterocycles. The molecule has 2 aliphatic carbocycles. The van der Waals surface area contributed by atoms with Gasteiger partial charge in [0.1, 0.15) is 28.8 Å². The van der Waals surface area contributed by atoms with Crippen LogP contribution in [0.2, 0.25) is 0 Å². The van der Waals surface area contributed by atoms with Crippen molar-refractivity contribution in [1.82, 2.24) is 0 Å². The smallest absolute Gasteiger partial charge is 0.403 e. The Bertz CT molecular complexity index is 1890. The molecule has 4 aromatic rings. The summed E-state index contributed by atoms with van der Waals surface area (Å²) in [7, 11) is 0. The van der Waals surface area contributed by atoms with E-state index in [9.17, 15) is 48.3 Å². The summed E-state index contributed by atoms with van der Waals surface area (Å²) in [6.45, 7) is 4.46. The largest absolute Gasteiger partial charge is 0.573 e. The number of rotatable bonds is 9. The van der Waals surface area contributed by atoms with E-state index in [0.717, 1.165) is 80.5 Å². The summed E-state index contributed by atoms with van der Waals surface area (Å²) in [5.74, 6) is -3.75. The summed E-state index contributed by atoms with van der Waals surface area (Å²) in [4.78, 5) is 0. The minimum Gasteiger partial charge on any atom is -0.403 e. The molecular weight excluding hydrogens is 753 g/mol. The molecule has 2 aliphatic rings. The fraction of sp³-hybridized carbons (Fsp3) is 0.455. The van der Waals surface area contributed by atoms with Crippen molar-refractivity contribution in [3.05, 3.63) is 135 Å². The quantitative estimate of drug-likeness (QED) is 0.153. The van der Waals surface area contributed by atoms with E-state index >= 15 is 0 Å². The Balaban J connectivity index is 0.000000214. The normalized spacial score (nSPS) is 20.3. The lowest BCUT2D eigenvalue weighted by molar-refractivity contribution is -0.275. The van der Waals surface area contributed by atoms with Gasteiger partial charge in [0, 0.05) is 0 Å². The number of aryl methyl sites for hydroxylation is 4. The van der Waals surface area contributed by atoms with Crippen molar-refractivity contribution in [3.8, 4) is 5.75 Å². The maximum absolute atomic E-state index is 14.5. The van der Waals surface area contributed by atoms with E-state index in [1.54, 1.807) is 18.2 Å². The van der Waals surface area contributed by atoms with Gasteiger partial charge in [0.05, 0.1) is 0 Å². The molecular formula is C44H45F11O. The molecule has 12 heteroatoms. The number of ether oxygens (including phenoxy) is 1. The predicted octanol–water partition coefficient (Wildman–Crippen LogP) is 14.1. The van der Waals surface area contributed by atoms with Crippen molar-refractivity contribution in [1.29, 1.82) is 0 Å². The molecule has 2 saturated carbocycles. The van der Waals surface area contributed by atoms with E-state index in [4.69, 9.17) is 0 Å². The molecule has 56 heavy (non-hydrogen) atoms. The maximum atomic E-state index is 14.5. The van der Waals surface area contributed by atoms with Crippen LogP contribution in [0.15, 0.2) is 66.7 Å². The first-order valence-electron chi connectivity index (χ1n) is 19.0. The van der Waals surface area contributed by atoms with Crippen LogP contribution >= 0.6 is 0 Å².